The number of hydrogen-bond acceptors (Lipinski definition) is 7. The monoisotopic (exact) mass is 663 g/mol. The van der Waals surface area contributed by atoms with Gasteiger partial charge in [-0.05, 0) is 75.2 Å². The molecule has 13 heteroatoms. The Morgan fingerprint density at radius 2 is 1.51 bits per heavy atom. The molecule has 0 radical (unpaired) electrons. The minimum atomic E-state index is -4.49. The van der Waals surface area contributed by atoms with Crippen molar-refractivity contribution in [2.75, 3.05) is 32.2 Å². The van der Waals surface area contributed by atoms with Crippen LogP contribution in [0.5, 0.6) is 17.2 Å². The van der Waals surface area contributed by atoms with E-state index < -0.39 is 45.8 Å². The average Bonchev–Trinajstić information content (AvgIpc) is 2.99. The van der Waals surface area contributed by atoms with E-state index in [1.165, 1.54) is 86.9 Å². The second kappa shape index (κ2) is 14.8. The lowest BCUT2D eigenvalue weighted by Gasteiger charge is -2.35. The molecule has 10 nitrogen and oxygen atoms in total. The third-order valence-corrected chi connectivity index (χ3v) is 8.77. The largest absolute Gasteiger partial charge is 0.495 e. The number of methoxy groups -OCH3 is 3. The zero-order valence-corrected chi connectivity index (χ0v) is 28.0. The van der Waals surface area contributed by atoms with E-state index in [-0.39, 0.29) is 40.1 Å². The molecular weight excluding hydrogens is 625 g/mol. The minimum absolute atomic E-state index is 0.00191. The highest BCUT2D eigenvalue weighted by atomic mass is 35.5. The van der Waals surface area contributed by atoms with Gasteiger partial charge in [0.2, 0.25) is 11.8 Å². The number of nitrogens with one attached hydrogen (secondary N) is 1. The lowest BCUT2D eigenvalue weighted by molar-refractivity contribution is -0.141. The second-order valence-corrected chi connectivity index (χ2v) is 13.5. The predicted octanol–water partition coefficient (Wildman–Crippen LogP) is 5.42. The molecule has 0 saturated heterocycles. The van der Waals surface area contributed by atoms with Gasteiger partial charge in [0.15, 0.2) is 11.5 Å². The topological polar surface area (TPSA) is 114 Å². The first-order valence-electron chi connectivity index (χ1n) is 14.1. The first kappa shape index (κ1) is 35.4. The molecule has 0 aromatic heterocycles. The van der Waals surface area contributed by atoms with Gasteiger partial charge in [-0.25, -0.2) is 12.8 Å². The van der Waals surface area contributed by atoms with E-state index in [0.717, 1.165) is 4.31 Å². The van der Waals surface area contributed by atoms with Gasteiger partial charge in [-0.1, -0.05) is 30.7 Å². The van der Waals surface area contributed by atoms with E-state index in [2.05, 4.69) is 5.32 Å². The molecule has 0 heterocycles. The van der Waals surface area contributed by atoms with Crippen molar-refractivity contribution >= 4 is 39.1 Å². The molecule has 1 N–H and O–H groups in total. The zero-order chi connectivity index (χ0) is 33.5. The first-order chi connectivity index (χ1) is 21.1. The maximum atomic E-state index is 14.3. The average molecular weight is 664 g/mol. The highest BCUT2D eigenvalue weighted by Crippen LogP contribution is 2.37. The van der Waals surface area contributed by atoms with Crippen LogP contribution in [0.4, 0.5) is 10.1 Å². The molecule has 1 atom stereocenters. The van der Waals surface area contributed by atoms with E-state index in [1.807, 2.05) is 20.8 Å². The van der Waals surface area contributed by atoms with Crippen molar-refractivity contribution in [3.05, 3.63) is 77.1 Å². The number of amides is 2. The summed E-state index contributed by atoms with van der Waals surface area (Å²) in [5.41, 5.74) is -0.0602. The zero-order valence-electron chi connectivity index (χ0n) is 26.4. The summed E-state index contributed by atoms with van der Waals surface area (Å²) in [5.74, 6) is -0.976. The van der Waals surface area contributed by atoms with Crippen LogP contribution >= 0.6 is 11.6 Å². The van der Waals surface area contributed by atoms with Crippen LogP contribution in [-0.2, 0) is 26.2 Å². The smallest absolute Gasteiger partial charge is 0.265 e. The predicted molar refractivity (Wildman–Crippen MR) is 171 cm³/mol. The van der Waals surface area contributed by atoms with Gasteiger partial charge >= 0.3 is 0 Å². The van der Waals surface area contributed by atoms with Crippen LogP contribution in [0.25, 0.3) is 0 Å². The molecule has 3 aromatic rings. The third-order valence-electron chi connectivity index (χ3n) is 6.78. The fourth-order valence-electron chi connectivity index (χ4n) is 4.63. The van der Waals surface area contributed by atoms with E-state index in [4.69, 9.17) is 25.8 Å². The van der Waals surface area contributed by atoms with Crippen LogP contribution in [0, 0.1) is 5.82 Å². The molecule has 1 unspecified atom stereocenters. The quantitative estimate of drug-likeness (QED) is 0.260. The van der Waals surface area contributed by atoms with Gasteiger partial charge in [-0.2, -0.15) is 0 Å². The lowest BCUT2D eigenvalue weighted by Crippen LogP contribution is -2.55. The van der Waals surface area contributed by atoms with E-state index >= 15 is 0 Å². The Balaban J connectivity index is 2.18. The summed E-state index contributed by atoms with van der Waals surface area (Å²) in [6.45, 7) is 6.36. The Hall–Kier alpha value is -4.03. The van der Waals surface area contributed by atoms with Gasteiger partial charge in [0.1, 0.15) is 24.2 Å². The van der Waals surface area contributed by atoms with Gasteiger partial charge in [-0.15, -0.1) is 0 Å². The van der Waals surface area contributed by atoms with Crippen LogP contribution in [0.1, 0.15) is 39.7 Å². The summed E-state index contributed by atoms with van der Waals surface area (Å²) >= 11 is 6.30. The number of ether oxygens (including phenoxy) is 3. The summed E-state index contributed by atoms with van der Waals surface area (Å²) < 4.78 is 59.3. The molecule has 0 spiro atoms. The first-order valence-corrected chi connectivity index (χ1v) is 15.9. The van der Waals surface area contributed by atoms with Crippen molar-refractivity contribution in [3.8, 4) is 17.2 Å². The molecule has 3 aromatic carbocycles. The summed E-state index contributed by atoms with van der Waals surface area (Å²) in [5, 5.41) is 3.10. The van der Waals surface area contributed by atoms with Crippen LogP contribution in [-0.4, -0.2) is 64.6 Å². The highest BCUT2D eigenvalue weighted by Gasteiger charge is 2.36. The van der Waals surface area contributed by atoms with Crippen molar-refractivity contribution in [2.24, 2.45) is 0 Å². The number of rotatable bonds is 13. The number of hydrogen-bond donors (Lipinski definition) is 1. The van der Waals surface area contributed by atoms with E-state index in [1.54, 1.807) is 6.92 Å². The summed E-state index contributed by atoms with van der Waals surface area (Å²) in [7, 11) is -0.335. The maximum absolute atomic E-state index is 14.3. The van der Waals surface area contributed by atoms with Crippen molar-refractivity contribution in [1.82, 2.24) is 10.2 Å². The standard InChI is InChI=1S/C32H39ClFN3O7S/c1-8-25(31(39)35-32(2,3)4)36(19-21-9-12-23(34)13-10-21)30(38)20-37(26-17-22(33)11-15-27(26)42-5)45(40,41)24-14-16-28(43-6)29(18-24)44-7/h9-18,25H,8,19-20H2,1-7H3,(H,35,39). The molecule has 0 aliphatic rings. The molecule has 2 amide bonds. The molecule has 45 heavy (non-hydrogen) atoms. The van der Waals surface area contributed by atoms with Gasteiger partial charge in [-0.3, -0.25) is 13.9 Å². The van der Waals surface area contributed by atoms with Crippen LogP contribution < -0.4 is 23.8 Å². The van der Waals surface area contributed by atoms with Crippen molar-refractivity contribution in [2.45, 2.75) is 57.1 Å². The summed E-state index contributed by atoms with van der Waals surface area (Å²) in [4.78, 5) is 28.9. The highest BCUT2D eigenvalue weighted by molar-refractivity contribution is 7.92. The number of benzene rings is 3. The van der Waals surface area contributed by atoms with Crippen LogP contribution in [0.15, 0.2) is 65.6 Å². The second-order valence-electron chi connectivity index (χ2n) is 11.2. The molecule has 0 fully saturated rings. The summed E-state index contributed by atoms with van der Waals surface area (Å²) in [6.07, 6.45) is 0.220. The molecule has 0 aliphatic carbocycles. The molecule has 0 bridgehead atoms. The van der Waals surface area contributed by atoms with Crippen molar-refractivity contribution < 1.29 is 36.6 Å². The minimum Gasteiger partial charge on any atom is -0.495 e. The Morgan fingerprint density at radius 1 is 0.911 bits per heavy atom. The Bertz CT molecular complexity index is 1610. The number of carbonyl (C=O) groups excluding carboxylic acids is 2. The fourth-order valence-corrected chi connectivity index (χ4v) is 6.23. The maximum Gasteiger partial charge on any atom is 0.265 e. The molecule has 3 rings (SSSR count). The van der Waals surface area contributed by atoms with Gasteiger partial charge in [0.05, 0.1) is 31.9 Å². The SMILES string of the molecule is CCC(C(=O)NC(C)(C)C)N(Cc1ccc(F)cc1)C(=O)CN(c1cc(Cl)ccc1OC)S(=O)(=O)c1ccc(OC)c(OC)c1. The van der Waals surface area contributed by atoms with Crippen LogP contribution in [0.3, 0.4) is 0 Å². The number of sulfonamides is 1. The van der Waals surface area contributed by atoms with E-state index in [9.17, 15) is 22.4 Å². The van der Waals surface area contributed by atoms with Crippen molar-refractivity contribution in [1.29, 1.82) is 0 Å². The number of anilines is 1. The molecule has 244 valence electrons. The Morgan fingerprint density at radius 3 is 2.07 bits per heavy atom. The van der Waals surface area contributed by atoms with Gasteiger partial charge in [0.25, 0.3) is 10.0 Å². The fraction of sp³-hybridized carbons (Fsp3) is 0.375. The van der Waals surface area contributed by atoms with E-state index in [0.29, 0.717) is 11.3 Å². The van der Waals surface area contributed by atoms with Gasteiger partial charge in [0, 0.05) is 23.2 Å². The normalized spacial score (nSPS) is 12.2. The number of nitrogens with zero attached hydrogens (tertiary/aromatic N) is 2. The number of halogens is 2. The van der Waals surface area contributed by atoms with Gasteiger partial charge < -0.3 is 24.4 Å². The summed E-state index contributed by atoms with van der Waals surface area (Å²) in [6, 6.07) is 13.0. The third kappa shape index (κ3) is 8.79. The van der Waals surface area contributed by atoms with Crippen LogP contribution in [0.2, 0.25) is 5.02 Å². The molecule has 0 aliphatic heterocycles. The molecule has 0 saturated carbocycles. The Labute approximate surface area is 269 Å². The molecular formula is C32H39ClFN3O7S. The lowest BCUT2D eigenvalue weighted by atomic mass is 10.1. The van der Waals surface area contributed by atoms with Crippen molar-refractivity contribution in [3.63, 3.8) is 0 Å². The Kier molecular flexibility index (Phi) is 11.7. The number of carbonyl (C=O) groups is 2.